The number of carbonyl (C=O) groups excluding carboxylic acids is 1. The fraction of sp³-hybridized carbons (Fsp3) is 0.636. The molecule has 0 aromatic carbocycles. The molecule has 5 nitrogen and oxygen atoms in total. The largest absolute Gasteiger partial charge is 0.373 e. The van der Waals surface area contributed by atoms with Gasteiger partial charge in [-0.25, -0.2) is 4.98 Å². The van der Waals surface area contributed by atoms with E-state index in [0.29, 0.717) is 5.69 Å². The van der Waals surface area contributed by atoms with E-state index >= 15 is 0 Å². The van der Waals surface area contributed by atoms with Gasteiger partial charge in [-0.15, -0.1) is 11.3 Å². The number of thiazole rings is 1. The highest BCUT2D eigenvalue weighted by Gasteiger charge is 2.23. The highest BCUT2D eigenvalue weighted by Crippen LogP contribution is 2.16. The van der Waals surface area contributed by atoms with E-state index in [4.69, 9.17) is 10.5 Å². The second-order valence-corrected chi connectivity index (χ2v) is 5.38. The number of hydrogen-bond acceptors (Lipinski definition) is 5. The molecule has 6 heteroatoms. The number of amides is 1. The minimum atomic E-state index is -0.462. The zero-order chi connectivity index (χ0) is 12.4. The molecule has 0 saturated carbocycles. The lowest BCUT2D eigenvalue weighted by atomic mass is 10.2. The molecule has 1 saturated heterocycles. The first-order valence-corrected chi connectivity index (χ1v) is 6.54. The molecule has 1 amide bonds. The molecular formula is C11H17N3O2S. The number of primary amides is 1. The van der Waals surface area contributed by atoms with E-state index in [1.165, 1.54) is 11.3 Å². The van der Waals surface area contributed by atoms with Gasteiger partial charge in [0.15, 0.2) is 0 Å². The lowest BCUT2D eigenvalue weighted by molar-refractivity contribution is -0.0705. The molecule has 2 rings (SSSR count). The van der Waals surface area contributed by atoms with Gasteiger partial charge in [-0.1, -0.05) is 0 Å². The predicted octanol–water partition coefficient (Wildman–Crippen LogP) is 0.851. The summed E-state index contributed by atoms with van der Waals surface area (Å²) in [6.07, 6.45) is 0.489. The zero-order valence-electron chi connectivity index (χ0n) is 10.0. The molecular weight excluding hydrogens is 238 g/mol. The molecule has 1 fully saturated rings. The maximum Gasteiger partial charge on any atom is 0.268 e. The van der Waals surface area contributed by atoms with E-state index < -0.39 is 5.91 Å². The third kappa shape index (κ3) is 3.24. The Morgan fingerprint density at radius 2 is 2.24 bits per heavy atom. The minimum absolute atomic E-state index is 0.245. The summed E-state index contributed by atoms with van der Waals surface area (Å²) < 4.78 is 5.66. The molecule has 1 aromatic heterocycles. The van der Waals surface area contributed by atoms with Gasteiger partial charge in [0.25, 0.3) is 5.91 Å². The summed E-state index contributed by atoms with van der Waals surface area (Å²) >= 11 is 1.48. The van der Waals surface area contributed by atoms with Gasteiger partial charge in [0.2, 0.25) is 0 Å². The SMILES string of the molecule is C[C@@H]1CN(Cc2nc(C(N)=O)cs2)C[C@@H](C)O1. The maximum atomic E-state index is 10.9. The van der Waals surface area contributed by atoms with Crippen molar-refractivity contribution in [2.45, 2.75) is 32.6 Å². The van der Waals surface area contributed by atoms with Gasteiger partial charge < -0.3 is 10.5 Å². The van der Waals surface area contributed by atoms with Gasteiger partial charge in [-0.05, 0) is 13.8 Å². The van der Waals surface area contributed by atoms with Crippen LogP contribution in [0.4, 0.5) is 0 Å². The summed E-state index contributed by atoms with van der Waals surface area (Å²) in [6, 6.07) is 0. The normalized spacial score (nSPS) is 26.0. The van der Waals surface area contributed by atoms with Crippen LogP contribution in [-0.2, 0) is 11.3 Å². The second kappa shape index (κ2) is 5.12. The van der Waals surface area contributed by atoms with Crippen LogP contribution in [-0.4, -0.2) is 41.1 Å². The third-order valence-electron chi connectivity index (χ3n) is 2.66. The fourth-order valence-electron chi connectivity index (χ4n) is 2.10. The molecule has 2 heterocycles. The van der Waals surface area contributed by atoms with Crippen molar-refractivity contribution < 1.29 is 9.53 Å². The van der Waals surface area contributed by atoms with Gasteiger partial charge in [-0.3, -0.25) is 9.69 Å². The molecule has 0 unspecified atom stereocenters. The maximum absolute atomic E-state index is 10.9. The first-order valence-electron chi connectivity index (χ1n) is 5.66. The number of morpholine rings is 1. The lowest BCUT2D eigenvalue weighted by Gasteiger charge is -2.34. The van der Waals surface area contributed by atoms with Gasteiger partial charge in [0, 0.05) is 18.5 Å². The van der Waals surface area contributed by atoms with Gasteiger partial charge in [0.1, 0.15) is 10.7 Å². The fourth-order valence-corrected chi connectivity index (χ4v) is 2.93. The minimum Gasteiger partial charge on any atom is -0.373 e. The van der Waals surface area contributed by atoms with Crippen molar-refractivity contribution in [3.63, 3.8) is 0 Å². The molecule has 0 bridgehead atoms. The molecule has 2 atom stereocenters. The van der Waals surface area contributed by atoms with E-state index in [1.807, 2.05) is 0 Å². The molecule has 1 aromatic rings. The van der Waals surface area contributed by atoms with Crippen LogP contribution < -0.4 is 5.73 Å². The Bertz CT molecular complexity index is 397. The van der Waals surface area contributed by atoms with Crippen LogP contribution in [0.1, 0.15) is 29.3 Å². The van der Waals surface area contributed by atoms with Crippen molar-refractivity contribution in [3.05, 3.63) is 16.1 Å². The topological polar surface area (TPSA) is 68.5 Å². The third-order valence-corrected chi connectivity index (χ3v) is 3.49. The van der Waals surface area contributed by atoms with Crippen LogP contribution in [0.3, 0.4) is 0 Å². The van der Waals surface area contributed by atoms with E-state index in [0.717, 1.165) is 24.6 Å². The smallest absolute Gasteiger partial charge is 0.268 e. The summed E-state index contributed by atoms with van der Waals surface area (Å²) in [5, 5.41) is 2.64. The van der Waals surface area contributed by atoms with Crippen molar-refractivity contribution in [2.24, 2.45) is 5.73 Å². The Balaban J connectivity index is 1.97. The Kier molecular flexibility index (Phi) is 3.76. The highest BCUT2D eigenvalue weighted by molar-refractivity contribution is 7.09. The summed E-state index contributed by atoms with van der Waals surface area (Å²) in [7, 11) is 0. The van der Waals surface area contributed by atoms with Crippen LogP contribution in [0.2, 0.25) is 0 Å². The number of nitrogens with two attached hydrogens (primary N) is 1. The molecule has 17 heavy (non-hydrogen) atoms. The number of hydrogen-bond donors (Lipinski definition) is 1. The molecule has 0 aliphatic carbocycles. The second-order valence-electron chi connectivity index (χ2n) is 4.44. The number of rotatable bonds is 3. The quantitative estimate of drug-likeness (QED) is 0.869. The summed E-state index contributed by atoms with van der Waals surface area (Å²) in [5.41, 5.74) is 5.54. The average Bonchev–Trinajstić information content (AvgIpc) is 2.64. The van der Waals surface area contributed by atoms with Crippen LogP contribution in [0.5, 0.6) is 0 Å². The number of nitrogens with zero attached hydrogens (tertiary/aromatic N) is 2. The van der Waals surface area contributed by atoms with E-state index in [9.17, 15) is 4.79 Å². The molecule has 2 N–H and O–H groups in total. The van der Waals surface area contributed by atoms with Gasteiger partial charge >= 0.3 is 0 Å². The van der Waals surface area contributed by atoms with E-state index in [-0.39, 0.29) is 12.2 Å². The molecule has 1 aliphatic heterocycles. The monoisotopic (exact) mass is 255 g/mol. The van der Waals surface area contributed by atoms with Crippen LogP contribution in [0, 0.1) is 0 Å². The average molecular weight is 255 g/mol. The van der Waals surface area contributed by atoms with Crippen molar-refractivity contribution in [2.75, 3.05) is 13.1 Å². The number of ether oxygens (including phenoxy) is 1. The van der Waals surface area contributed by atoms with Gasteiger partial charge in [-0.2, -0.15) is 0 Å². The number of aromatic nitrogens is 1. The van der Waals surface area contributed by atoms with Gasteiger partial charge in [0.05, 0.1) is 18.8 Å². The van der Waals surface area contributed by atoms with E-state index in [1.54, 1.807) is 5.38 Å². The molecule has 0 spiro atoms. The van der Waals surface area contributed by atoms with Crippen molar-refractivity contribution in [3.8, 4) is 0 Å². The first kappa shape index (κ1) is 12.5. The molecule has 0 radical (unpaired) electrons. The highest BCUT2D eigenvalue weighted by atomic mass is 32.1. The summed E-state index contributed by atoms with van der Waals surface area (Å²) in [6.45, 7) is 6.69. The van der Waals surface area contributed by atoms with Crippen molar-refractivity contribution >= 4 is 17.2 Å². The Labute approximate surface area is 105 Å². The molecule has 1 aliphatic rings. The molecule has 94 valence electrons. The summed E-state index contributed by atoms with van der Waals surface area (Å²) in [4.78, 5) is 17.5. The summed E-state index contributed by atoms with van der Waals surface area (Å²) in [5.74, 6) is -0.462. The zero-order valence-corrected chi connectivity index (χ0v) is 10.9. The Hall–Kier alpha value is -0.980. The van der Waals surface area contributed by atoms with Crippen LogP contribution in [0.25, 0.3) is 0 Å². The Morgan fingerprint density at radius 1 is 1.59 bits per heavy atom. The standard InChI is InChI=1S/C11H17N3O2S/c1-7-3-14(4-8(2)16-7)5-10-13-9(6-17-10)11(12)15/h6-8H,3-5H2,1-2H3,(H2,12,15)/t7-,8-/m1/s1. The van der Waals surface area contributed by atoms with Crippen LogP contribution in [0.15, 0.2) is 5.38 Å². The van der Waals surface area contributed by atoms with Crippen LogP contribution >= 0.6 is 11.3 Å². The lowest BCUT2D eigenvalue weighted by Crippen LogP contribution is -2.44. The van der Waals surface area contributed by atoms with Crippen molar-refractivity contribution in [1.82, 2.24) is 9.88 Å². The predicted molar refractivity (Wildman–Crippen MR) is 65.9 cm³/mol. The van der Waals surface area contributed by atoms with E-state index in [2.05, 4.69) is 23.7 Å². The number of carbonyl (C=O) groups is 1. The Morgan fingerprint density at radius 3 is 2.76 bits per heavy atom. The first-order chi connectivity index (χ1) is 8.04. The van der Waals surface area contributed by atoms with Crippen molar-refractivity contribution in [1.29, 1.82) is 0 Å².